The zero-order chi connectivity index (χ0) is 12.3. The van der Waals surface area contributed by atoms with Gasteiger partial charge < -0.3 is 5.73 Å². The number of aromatic amines is 1. The van der Waals surface area contributed by atoms with E-state index in [-0.39, 0.29) is 5.69 Å². The maximum absolute atomic E-state index is 11.4. The second kappa shape index (κ2) is 5.20. The van der Waals surface area contributed by atoms with Crippen LogP contribution in [0.3, 0.4) is 0 Å². The predicted molar refractivity (Wildman–Crippen MR) is 67.0 cm³/mol. The monoisotopic (exact) mass is 250 g/mol. The molecule has 0 spiro atoms. The largest absolute Gasteiger partial charge is 0.343 e. The van der Waals surface area contributed by atoms with Gasteiger partial charge in [-0.25, -0.2) is 9.89 Å². The third kappa shape index (κ3) is 2.59. The van der Waals surface area contributed by atoms with Gasteiger partial charge in [-0.15, -0.1) is 5.10 Å². The van der Waals surface area contributed by atoms with Crippen molar-refractivity contribution in [1.29, 1.82) is 0 Å². The Morgan fingerprint density at radius 2 is 2.12 bits per heavy atom. The van der Waals surface area contributed by atoms with Gasteiger partial charge in [0.05, 0.1) is 0 Å². The highest BCUT2D eigenvalue weighted by Gasteiger charge is 2.07. The van der Waals surface area contributed by atoms with Gasteiger partial charge in [-0.1, -0.05) is 12.1 Å². The molecular formula is C11H14N4OS. The van der Waals surface area contributed by atoms with Crippen LogP contribution in [0.25, 0.3) is 0 Å². The van der Waals surface area contributed by atoms with Gasteiger partial charge in [0.2, 0.25) is 0 Å². The zero-order valence-corrected chi connectivity index (χ0v) is 10.3. The van der Waals surface area contributed by atoms with Crippen LogP contribution in [0, 0.1) is 0 Å². The predicted octanol–water partition coefficient (Wildman–Crippen LogP) is 1.20. The van der Waals surface area contributed by atoms with Crippen molar-refractivity contribution in [3.63, 3.8) is 0 Å². The van der Waals surface area contributed by atoms with Crippen molar-refractivity contribution in [3.8, 4) is 0 Å². The molecule has 90 valence electrons. The van der Waals surface area contributed by atoms with Gasteiger partial charge in [-0.2, -0.15) is 0 Å². The van der Waals surface area contributed by atoms with Gasteiger partial charge in [0, 0.05) is 18.0 Å². The first-order valence-corrected chi connectivity index (χ1v) is 6.18. The molecule has 1 heterocycles. The van der Waals surface area contributed by atoms with E-state index in [1.807, 2.05) is 31.2 Å². The van der Waals surface area contributed by atoms with E-state index in [0.717, 1.165) is 10.5 Å². The summed E-state index contributed by atoms with van der Waals surface area (Å²) in [5, 5.41) is 7.11. The van der Waals surface area contributed by atoms with Crippen LogP contribution in [-0.4, -0.2) is 14.8 Å². The highest BCUT2D eigenvalue weighted by molar-refractivity contribution is 7.99. The Morgan fingerprint density at radius 1 is 1.41 bits per heavy atom. The highest BCUT2D eigenvalue weighted by Crippen LogP contribution is 2.24. The van der Waals surface area contributed by atoms with E-state index in [1.54, 1.807) is 4.57 Å². The first-order chi connectivity index (χ1) is 8.24. The van der Waals surface area contributed by atoms with E-state index in [4.69, 9.17) is 5.73 Å². The summed E-state index contributed by atoms with van der Waals surface area (Å²) >= 11 is 1.46. The van der Waals surface area contributed by atoms with Gasteiger partial charge in [-0.05, 0) is 36.4 Å². The minimum atomic E-state index is -0.173. The molecule has 0 saturated heterocycles. The fourth-order valence-corrected chi connectivity index (χ4v) is 2.36. The second-order valence-electron chi connectivity index (χ2n) is 3.51. The molecule has 5 nitrogen and oxygen atoms in total. The average molecular weight is 250 g/mol. The summed E-state index contributed by atoms with van der Waals surface area (Å²) in [4.78, 5) is 12.4. The lowest BCUT2D eigenvalue weighted by Crippen LogP contribution is -2.15. The van der Waals surface area contributed by atoms with Crippen molar-refractivity contribution in [2.45, 2.75) is 30.1 Å². The summed E-state index contributed by atoms with van der Waals surface area (Å²) in [6, 6.07) is 7.91. The van der Waals surface area contributed by atoms with Crippen LogP contribution >= 0.6 is 11.8 Å². The minimum Gasteiger partial charge on any atom is -0.326 e. The summed E-state index contributed by atoms with van der Waals surface area (Å²) < 4.78 is 1.60. The van der Waals surface area contributed by atoms with Crippen molar-refractivity contribution in [3.05, 3.63) is 40.3 Å². The number of H-pyrrole nitrogens is 1. The van der Waals surface area contributed by atoms with Crippen LogP contribution in [0.15, 0.2) is 39.1 Å². The number of aromatic nitrogens is 3. The Labute approximate surface area is 103 Å². The lowest BCUT2D eigenvalue weighted by atomic mass is 10.2. The molecule has 3 N–H and O–H groups in total. The van der Waals surface area contributed by atoms with Crippen molar-refractivity contribution in [2.24, 2.45) is 5.73 Å². The Bertz CT molecular complexity index is 543. The first-order valence-electron chi connectivity index (χ1n) is 5.36. The smallest absolute Gasteiger partial charge is 0.326 e. The van der Waals surface area contributed by atoms with E-state index in [9.17, 15) is 4.79 Å². The van der Waals surface area contributed by atoms with E-state index in [0.29, 0.717) is 18.2 Å². The van der Waals surface area contributed by atoms with Crippen LogP contribution in [0.4, 0.5) is 0 Å². The summed E-state index contributed by atoms with van der Waals surface area (Å²) in [5.74, 6) is 0. The van der Waals surface area contributed by atoms with Crippen LogP contribution in [0.5, 0.6) is 0 Å². The van der Waals surface area contributed by atoms with Gasteiger partial charge in [0.25, 0.3) is 0 Å². The topological polar surface area (TPSA) is 76.7 Å². The lowest BCUT2D eigenvalue weighted by molar-refractivity contribution is 0.660. The van der Waals surface area contributed by atoms with Crippen LogP contribution in [-0.2, 0) is 13.1 Å². The minimum absolute atomic E-state index is 0.173. The summed E-state index contributed by atoms with van der Waals surface area (Å²) in [7, 11) is 0. The zero-order valence-electron chi connectivity index (χ0n) is 9.51. The van der Waals surface area contributed by atoms with E-state index < -0.39 is 0 Å². The molecule has 2 aromatic rings. The Hall–Kier alpha value is -1.53. The maximum atomic E-state index is 11.4. The van der Waals surface area contributed by atoms with Gasteiger partial charge in [0.1, 0.15) is 0 Å². The normalized spacial score (nSPS) is 10.7. The fourth-order valence-electron chi connectivity index (χ4n) is 1.46. The van der Waals surface area contributed by atoms with E-state index in [2.05, 4.69) is 10.2 Å². The number of hydrogen-bond donors (Lipinski definition) is 2. The van der Waals surface area contributed by atoms with Crippen LogP contribution in [0.2, 0.25) is 0 Å². The summed E-state index contributed by atoms with van der Waals surface area (Å²) in [6.07, 6.45) is 0. The van der Waals surface area contributed by atoms with Crippen molar-refractivity contribution >= 4 is 11.8 Å². The summed E-state index contributed by atoms with van der Waals surface area (Å²) in [6.45, 7) is 3.06. The van der Waals surface area contributed by atoms with Gasteiger partial charge in [0.15, 0.2) is 5.16 Å². The number of rotatable bonds is 4. The standard InChI is InChI=1S/C11H14N4OS/c1-2-15-10(16)13-14-11(15)17-9-5-3-8(7-12)4-6-9/h3-6H,2,7,12H2,1H3,(H,13,16). The SMILES string of the molecule is CCn1c(Sc2ccc(CN)cc2)n[nH]c1=O. The molecule has 17 heavy (non-hydrogen) atoms. The Balaban J connectivity index is 2.22. The molecule has 0 bridgehead atoms. The number of nitrogens with two attached hydrogens (primary N) is 1. The average Bonchev–Trinajstić information content (AvgIpc) is 2.71. The molecule has 0 amide bonds. The van der Waals surface area contributed by atoms with Crippen molar-refractivity contribution in [1.82, 2.24) is 14.8 Å². The molecular weight excluding hydrogens is 236 g/mol. The van der Waals surface area contributed by atoms with E-state index in [1.165, 1.54) is 11.8 Å². The Kier molecular flexibility index (Phi) is 3.65. The molecule has 0 radical (unpaired) electrons. The highest BCUT2D eigenvalue weighted by atomic mass is 32.2. The van der Waals surface area contributed by atoms with Crippen LogP contribution in [0.1, 0.15) is 12.5 Å². The first kappa shape index (κ1) is 11.9. The van der Waals surface area contributed by atoms with Crippen LogP contribution < -0.4 is 11.4 Å². The molecule has 0 aliphatic carbocycles. The fraction of sp³-hybridized carbons (Fsp3) is 0.273. The number of nitrogens with one attached hydrogen (secondary N) is 1. The maximum Gasteiger partial charge on any atom is 0.343 e. The van der Waals surface area contributed by atoms with Gasteiger partial charge >= 0.3 is 5.69 Å². The van der Waals surface area contributed by atoms with Gasteiger partial charge in [-0.3, -0.25) is 4.57 Å². The van der Waals surface area contributed by atoms with Crippen molar-refractivity contribution in [2.75, 3.05) is 0 Å². The molecule has 1 aromatic carbocycles. The summed E-state index contributed by atoms with van der Waals surface area (Å²) in [5.41, 5.74) is 6.45. The molecule has 0 aliphatic rings. The number of nitrogens with zero attached hydrogens (tertiary/aromatic N) is 2. The number of hydrogen-bond acceptors (Lipinski definition) is 4. The van der Waals surface area contributed by atoms with E-state index >= 15 is 0 Å². The molecule has 0 aliphatic heterocycles. The van der Waals surface area contributed by atoms with Crippen molar-refractivity contribution < 1.29 is 0 Å². The lowest BCUT2D eigenvalue weighted by Gasteiger charge is -2.03. The Morgan fingerprint density at radius 3 is 2.71 bits per heavy atom. The third-order valence-corrected chi connectivity index (χ3v) is 3.41. The molecule has 1 aromatic heterocycles. The molecule has 2 rings (SSSR count). The molecule has 0 unspecified atom stereocenters. The molecule has 6 heteroatoms. The third-order valence-electron chi connectivity index (χ3n) is 2.41. The molecule has 0 fully saturated rings. The second-order valence-corrected chi connectivity index (χ2v) is 4.55. The number of benzene rings is 1. The molecule has 0 saturated carbocycles. The molecule has 0 atom stereocenters. The quantitative estimate of drug-likeness (QED) is 0.855.